The van der Waals surface area contributed by atoms with Gasteiger partial charge in [-0.25, -0.2) is 14.4 Å². The molecule has 0 aliphatic rings. The summed E-state index contributed by atoms with van der Waals surface area (Å²) in [5.74, 6) is -0.254. The van der Waals surface area contributed by atoms with Crippen molar-refractivity contribution in [1.82, 2.24) is 10.6 Å². The van der Waals surface area contributed by atoms with Gasteiger partial charge in [-0.2, -0.15) is 0 Å². The summed E-state index contributed by atoms with van der Waals surface area (Å²) in [5.41, 5.74) is -1.38. The van der Waals surface area contributed by atoms with E-state index in [0.717, 1.165) is 38.5 Å². The Morgan fingerprint density at radius 3 is 1.51 bits per heavy atom. The van der Waals surface area contributed by atoms with Gasteiger partial charge in [-0.3, -0.25) is 9.59 Å². The maximum Gasteiger partial charge on any atom is 0.408 e. The Labute approximate surface area is 260 Å². The molecule has 3 atom stereocenters. The largest absolute Gasteiger partial charge is 0.467 e. The monoisotopic (exact) mass is 612 g/mol. The van der Waals surface area contributed by atoms with Gasteiger partial charge < -0.3 is 24.8 Å². The van der Waals surface area contributed by atoms with Crippen LogP contribution in [0.25, 0.3) is 0 Å². The van der Waals surface area contributed by atoms with Crippen molar-refractivity contribution in [3.63, 3.8) is 0 Å². The van der Waals surface area contributed by atoms with Gasteiger partial charge in [0.25, 0.3) is 0 Å². The third-order valence-corrected chi connectivity index (χ3v) is 6.88. The van der Waals surface area contributed by atoms with Crippen molar-refractivity contribution < 1.29 is 38.2 Å². The quantitative estimate of drug-likeness (QED) is 0.0789. The number of nitrogens with one attached hydrogen (secondary N) is 2. The van der Waals surface area contributed by atoms with Crippen LogP contribution in [-0.2, 0) is 28.6 Å². The minimum Gasteiger partial charge on any atom is -0.467 e. The second-order valence-corrected chi connectivity index (χ2v) is 13.4. The minimum atomic E-state index is -0.844. The zero-order chi connectivity index (χ0) is 33.1. The molecule has 0 aromatic carbocycles. The second-order valence-electron chi connectivity index (χ2n) is 13.4. The summed E-state index contributed by atoms with van der Waals surface area (Å²) in [6.45, 7) is 14.7. The van der Waals surface area contributed by atoms with Crippen LogP contribution in [0.1, 0.15) is 145 Å². The van der Waals surface area contributed by atoms with E-state index in [4.69, 9.17) is 14.2 Å². The fourth-order valence-electron chi connectivity index (χ4n) is 4.54. The molecule has 0 saturated carbocycles. The summed E-state index contributed by atoms with van der Waals surface area (Å²) >= 11 is 0. The first-order chi connectivity index (χ1) is 20.0. The first kappa shape index (κ1) is 40.4. The van der Waals surface area contributed by atoms with Gasteiger partial charge in [0.15, 0.2) is 5.78 Å². The maximum atomic E-state index is 13.1. The Balaban J connectivity index is 4.82. The van der Waals surface area contributed by atoms with Crippen LogP contribution in [0, 0.1) is 5.92 Å². The number of amides is 2. The lowest BCUT2D eigenvalue weighted by atomic mass is 9.94. The Morgan fingerprint density at radius 2 is 1.05 bits per heavy atom. The van der Waals surface area contributed by atoms with Crippen molar-refractivity contribution in [2.45, 2.75) is 169 Å². The number of esters is 1. The summed E-state index contributed by atoms with van der Waals surface area (Å²) in [6.07, 6.45) is 8.67. The molecule has 0 aliphatic heterocycles. The van der Waals surface area contributed by atoms with Crippen LogP contribution in [0.15, 0.2) is 0 Å². The second kappa shape index (κ2) is 21.1. The van der Waals surface area contributed by atoms with E-state index in [1.54, 1.807) is 41.5 Å². The number of ketones is 2. The van der Waals surface area contributed by atoms with E-state index in [1.165, 1.54) is 7.11 Å². The van der Waals surface area contributed by atoms with Gasteiger partial charge in [0, 0.05) is 18.8 Å². The third-order valence-electron chi connectivity index (χ3n) is 6.88. The van der Waals surface area contributed by atoms with Crippen LogP contribution < -0.4 is 10.6 Å². The van der Waals surface area contributed by atoms with Gasteiger partial charge in [-0.1, -0.05) is 58.8 Å². The highest BCUT2D eigenvalue weighted by Crippen LogP contribution is 2.17. The van der Waals surface area contributed by atoms with Crippen LogP contribution in [0.4, 0.5) is 9.59 Å². The number of methoxy groups -OCH3 is 1. The molecule has 0 bridgehead atoms. The summed E-state index contributed by atoms with van der Waals surface area (Å²) in [6, 6.07) is -1.52. The number of hydrogen-bond acceptors (Lipinski definition) is 8. The fourth-order valence-corrected chi connectivity index (χ4v) is 4.54. The number of ether oxygens (including phenoxy) is 3. The number of unbranched alkanes of at least 4 members (excludes halogenated alkanes) is 6. The number of Topliss-reactive ketones (excluding diaryl/α,β-unsaturated/α-hetero) is 2. The van der Waals surface area contributed by atoms with Gasteiger partial charge in [0.2, 0.25) is 0 Å². The number of hydrogen-bond donors (Lipinski definition) is 2. The third kappa shape index (κ3) is 21.7. The summed E-state index contributed by atoms with van der Waals surface area (Å²) in [4.78, 5) is 62.2. The standard InChI is InChI=1S/C33H60N2O8/c1-10-11-14-19-24(2)27(36)22-17-12-15-20-25(34-30(39)42-32(3,4)5)28(37)23-18-13-16-21-26(29(38)41-9)35-31(40)43-33(6,7)8/h24-26H,10-23H2,1-9H3,(H,34,39)(H,35,40)/t24-,25-,26-/m0/s1. The van der Waals surface area contributed by atoms with Crippen LogP contribution in [0.5, 0.6) is 0 Å². The van der Waals surface area contributed by atoms with E-state index >= 15 is 0 Å². The summed E-state index contributed by atoms with van der Waals surface area (Å²) in [7, 11) is 1.26. The molecule has 0 saturated heterocycles. The Bertz CT molecular complexity index is 860. The molecule has 0 heterocycles. The van der Waals surface area contributed by atoms with Crippen LogP contribution in [-0.4, -0.2) is 60.1 Å². The lowest BCUT2D eigenvalue weighted by Crippen LogP contribution is -2.44. The highest BCUT2D eigenvalue weighted by Gasteiger charge is 2.26. The average Bonchev–Trinajstić information content (AvgIpc) is 2.88. The molecule has 0 rings (SSSR count). The van der Waals surface area contributed by atoms with Gasteiger partial charge >= 0.3 is 18.2 Å². The SMILES string of the molecule is CCCCC[C@H](C)C(=O)CCCCC[C@H](NC(=O)OC(C)(C)C)C(=O)CCCCC[C@H](NC(=O)OC(C)(C)C)C(=O)OC. The van der Waals surface area contributed by atoms with Crippen molar-refractivity contribution in [3.05, 3.63) is 0 Å². The van der Waals surface area contributed by atoms with Gasteiger partial charge in [0.05, 0.1) is 13.2 Å². The lowest BCUT2D eigenvalue weighted by Gasteiger charge is -2.23. The molecule has 10 nitrogen and oxygen atoms in total. The van der Waals surface area contributed by atoms with E-state index in [-0.39, 0.29) is 18.1 Å². The van der Waals surface area contributed by atoms with Crippen LogP contribution >= 0.6 is 0 Å². The average molecular weight is 613 g/mol. The van der Waals surface area contributed by atoms with E-state index in [0.29, 0.717) is 50.7 Å². The normalized spacial score (nSPS) is 13.8. The van der Waals surface area contributed by atoms with Gasteiger partial charge in [-0.05, 0) is 73.6 Å². The zero-order valence-corrected chi connectivity index (χ0v) is 28.4. The molecular weight excluding hydrogens is 552 g/mol. The Hall–Kier alpha value is -2.65. The predicted molar refractivity (Wildman–Crippen MR) is 168 cm³/mol. The Morgan fingerprint density at radius 1 is 0.605 bits per heavy atom. The van der Waals surface area contributed by atoms with Crippen molar-refractivity contribution in [2.75, 3.05) is 7.11 Å². The van der Waals surface area contributed by atoms with E-state index < -0.39 is 41.4 Å². The number of alkyl carbamates (subject to hydrolysis) is 2. The molecule has 0 aromatic heterocycles. The first-order valence-electron chi connectivity index (χ1n) is 16.1. The molecule has 250 valence electrons. The number of rotatable bonds is 21. The van der Waals surface area contributed by atoms with Crippen LogP contribution in [0.3, 0.4) is 0 Å². The smallest absolute Gasteiger partial charge is 0.408 e. The summed E-state index contributed by atoms with van der Waals surface area (Å²) < 4.78 is 15.4. The minimum absolute atomic E-state index is 0.0807. The van der Waals surface area contributed by atoms with E-state index in [9.17, 15) is 24.0 Å². The lowest BCUT2D eigenvalue weighted by molar-refractivity contribution is -0.143. The van der Waals surface area contributed by atoms with Gasteiger partial charge in [0.1, 0.15) is 23.0 Å². The summed E-state index contributed by atoms with van der Waals surface area (Å²) in [5, 5.41) is 5.30. The molecule has 2 amide bonds. The number of carbonyl (C=O) groups is 5. The molecular formula is C33H60N2O8. The molecule has 0 fully saturated rings. The van der Waals surface area contributed by atoms with Gasteiger partial charge in [-0.15, -0.1) is 0 Å². The van der Waals surface area contributed by atoms with Crippen molar-refractivity contribution >= 4 is 29.7 Å². The van der Waals surface area contributed by atoms with Crippen molar-refractivity contribution in [2.24, 2.45) is 5.92 Å². The molecule has 10 heteroatoms. The fraction of sp³-hybridized carbons (Fsp3) is 0.848. The molecule has 43 heavy (non-hydrogen) atoms. The van der Waals surface area contributed by atoms with E-state index in [2.05, 4.69) is 17.6 Å². The molecule has 0 aliphatic carbocycles. The van der Waals surface area contributed by atoms with E-state index in [1.807, 2.05) is 6.92 Å². The Kier molecular flexibility index (Phi) is 19.8. The van der Waals surface area contributed by atoms with Crippen LogP contribution in [0.2, 0.25) is 0 Å². The molecule has 0 aromatic rings. The highest BCUT2D eigenvalue weighted by atomic mass is 16.6. The number of carbonyl (C=O) groups excluding carboxylic acids is 5. The molecule has 0 unspecified atom stereocenters. The maximum absolute atomic E-state index is 13.1. The highest BCUT2D eigenvalue weighted by molar-refractivity contribution is 5.87. The van der Waals surface area contributed by atoms with Crippen molar-refractivity contribution in [3.8, 4) is 0 Å². The molecule has 2 N–H and O–H groups in total. The zero-order valence-electron chi connectivity index (χ0n) is 28.4. The first-order valence-corrected chi connectivity index (χ1v) is 16.1. The molecule has 0 radical (unpaired) electrons. The topological polar surface area (TPSA) is 137 Å². The molecule has 0 spiro atoms. The predicted octanol–water partition coefficient (Wildman–Crippen LogP) is 7.20. The van der Waals surface area contributed by atoms with Crippen molar-refractivity contribution in [1.29, 1.82) is 0 Å².